The quantitative estimate of drug-likeness (QED) is 0.619. The third-order valence-electron chi connectivity index (χ3n) is 2.35. The summed E-state index contributed by atoms with van der Waals surface area (Å²) in [6, 6.07) is 0. The summed E-state index contributed by atoms with van der Waals surface area (Å²) in [5.41, 5.74) is 5.54. The lowest BCUT2D eigenvalue weighted by atomic mass is 10.2. The van der Waals surface area contributed by atoms with Gasteiger partial charge in [-0.25, -0.2) is 0 Å². The first-order valence-electron chi connectivity index (χ1n) is 5.63. The summed E-state index contributed by atoms with van der Waals surface area (Å²) in [5, 5.41) is 0. The van der Waals surface area contributed by atoms with Crippen molar-refractivity contribution in [3.05, 3.63) is 0 Å². The molecule has 0 aromatic heterocycles. The molecule has 0 aliphatic rings. The lowest BCUT2D eigenvalue weighted by molar-refractivity contribution is 0.0561. The van der Waals surface area contributed by atoms with Gasteiger partial charge in [0.1, 0.15) is 0 Å². The fourth-order valence-electron chi connectivity index (χ4n) is 1.25. The Labute approximate surface area is 93.7 Å². The molecule has 0 aromatic rings. The van der Waals surface area contributed by atoms with Gasteiger partial charge in [0, 0.05) is 26.7 Å². The van der Waals surface area contributed by atoms with Gasteiger partial charge in [-0.15, -0.1) is 0 Å². The summed E-state index contributed by atoms with van der Waals surface area (Å²) in [7, 11) is 3.80. The lowest BCUT2D eigenvalue weighted by Gasteiger charge is -2.20. The maximum Gasteiger partial charge on any atom is 0.0705 e. The molecular formula is C11H26N2O2. The number of hydrogen-bond acceptors (Lipinski definition) is 4. The molecular weight excluding hydrogens is 192 g/mol. The van der Waals surface area contributed by atoms with E-state index < -0.39 is 0 Å². The molecule has 0 saturated carbocycles. The van der Waals surface area contributed by atoms with Gasteiger partial charge in [-0.3, -0.25) is 0 Å². The van der Waals surface area contributed by atoms with Crippen LogP contribution in [0.15, 0.2) is 0 Å². The van der Waals surface area contributed by atoms with E-state index in [1.807, 2.05) is 0 Å². The van der Waals surface area contributed by atoms with E-state index in [2.05, 4.69) is 25.8 Å². The molecule has 1 unspecified atom stereocenters. The predicted octanol–water partition coefficient (Wildman–Crippen LogP) is 0.707. The number of hydrogen-bond donors (Lipinski definition) is 1. The highest BCUT2D eigenvalue weighted by Gasteiger charge is 2.06. The van der Waals surface area contributed by atoms with Gasteiger partial charge in [-0.1, -0.05) is 0 Å². The molecule has 0 saturated heterocycles. The Kier molecular flexibility index (Phi) is 9.00. The van der Waals surface area contributed by atoms with Gasteiger partial charge in [-0.05, 0) is 27.3 Å². The average molecular weight is 218 g/mol. The Morgan fingerprint density at radius 2 is 1.93 bits per heavy atom. The van der Waals surface area contributed by atoms with Crippen LogP contribution >= 0.6 is 0 Å². The van der Waals surface area contributed by atoms with E-state index in [4.69, 9.17) is 15.2 Å². The standard InChI is InChI=1S/C11H26N2O2/c1-10(2)15-8-7-13(3)6-5-11(9-12)14-4/h10-11H,5-9,12H2,1-4H3. The monoisotopic (exact) mass is 218 g/mol. The van der Waals surface area contributed by atoms with Gasteiger partial charge < -0.3 is 20.1 Å². The lowest BCUT2D eigenvalue weighted by Crippen LogP contribution is -2.31. The van der Waals surface area contributed by atoms with E-state index in [0.29, 0.717) is 12.6 Å². The molecule has 0 rings (SSSR count). The summed E-state index contributed by atoms with van der Waals surface area (Å²) in [6.07, 6.45) is 1.47. The van der Waals surface area contributed by atoms with Crippen molar-refractivity contribution in [2.24, 2.45) is 5.73 Å². The van der Waals surface area contributed by atoms with Crippen molar-refractivity contribution in [1.29, 1.82) is 0 Å². The maximum absolute atomic E-state index is 5.54. The van der Waals surface area contributed by atoms with Crippen molar-refractivity contribution < 1.29 is 9.47 Å². The van der Waals surface area contributed by atoms with Gasteiger partial charge in [-0.2, -0.15) is 0 Å². The van der Waals surface area contributed by atoms with Crippen molar-refractivity contribution >= 4 is 0 Å². The zero-order chi connectivity index (χ0) is 11.7. The number of nitrogens with zero attached hydrogens (tertiary/aromatic N) is 1. The SMILES string of the molecule is COC(CN)CCN(C)CCOC(C)C. The first-order chi connectivity index (χ1) is 7.10. The van der Waals surface area contributed by atoms with E-state index in [0.717, 1.165) is 26.1 Å². The molecule has 0 aliphatic heterocycles. The molecule has 0 heterocycles. The number of ether oxygens (including phenoxy) is 2. The summed E-state index contributed by atoms with van der Waals surface area (Å²) in [6.45, 7) is 7.43. The minimum Gasteiger partial charge on any atom is -0.380 e. The molecule has 0 spiro atoms. The summed E-state index contributed by atoms with van der Waals surface area (Å²) >= 11 is 0. The van der Waals surface area contributed by atoms with E-state index in [-0.39, 0.29) is 6.10 Å². The van der Waals surface area contributed by atoms with E-state index in [1.54, 1.807) is 7.11 Å². The fourth-order valence-corrected chi connectivity index (χ4v) is 1.25. The van der Waals surface area contributed by atoms with Crippen LogP contribution in [0.1, 0.15) is 20.3 Å². The van der Waals surface area contributed by atoms with Crippen LogP contribution in [0.2, 0.25) is 0 Å². The Bertz CT molecular complexity index is 139. The Morgan fingerprint density at radius 1 is 1.27 bits per heavy atom. The molecule has 0 amide bonds. The highest BCUT2D eigenvalue weighted by molar-refractivity contribution is 4.61. The van der Waals surface area contributed by atoms with Crippen LogP contribution in [0.3, 0.4) is 0 Å². The zero-order valence-corrected chi connectivity index (χ0v) is 10.5. The second kappa shape index (κ2) is 9.09. The Hall–Kier alpha value is -0.160. The fraction of sp³-hybridized carbons (Fsp3) is 1.00. The third kappa shape index (κ3) is 8.81. The molecule has 0 bridgehead atoms. The van der Waals surface area contributed by atoms with Crippen LogP contribution in [0.5, 0.6) is 0 Å². The minimum atomic E-state index is 0.179. The third-order valence-corrected chi connectivity index (χ3v) is 2.35. The zero-order valence-electron chi connectivity index (χ0n) is 10.5. The topological polar surface area (TPSA) is 47.7 Å². The molecule has 0 fully saturated rings. The largest absolute Gasteiger partial charge is 0.380 e. The van der Waals surface area contributed by atoms with Gasteiger partial charge >= 0.3 is 0 Å². The number of rotatable bonds is 9. The van der Waals surface area contributed by atoms with E-state index >= 15 is 0 Å². The van der Waals surface area contributed by atoms with Gasteiger partial charge in [0.25, 0.3) is 0 Å². The Balaban J connectivity index is 3.43. The Morgan fingerprint density at radius 3 is 2.40 bits per heavy atom. The van der Waals surface area contributed by atoms with Crippen LogP contribution < -0.4 is 5.73 Å². The molecule has 1 atom stereocenters. The van der Waals surface area contributed by atoms with Crippen molar-refractivity contribution in [1.82, 2.24) is 4.90 Å². The van der Waals surface area contributed by atoms with Crippen LogP contribution in [0, 0.1) is 0 Å². The number of likely N-dealkylation sites (N-methyl/N-ethyl adjacent to an activating group) is 1. The number of nitrogens with two attached hydrogens (primary N) is 1. The molecule has 0 aromatic carbocycles. The molecule has 0 aliphatic carbocycles. The van der Waals surface area contributed by atoms with Crippen LogP contribution in [0.25, 0.3) is 0 Å². The van der Waals surface area contributed by atoms with Gasteiger partial charge in [0.2, 0.25) is 0 Å². The first kappa shape index (κ1) is 14.8. The second-order valence-electron chi connectivity index (χ2n) is 4.10. The summed E-state index contributed by atoms with van der Waals surface area (Å²) in [4.78, 5) is 2.24. The van der Waals surface area contributed by atoms with Crippen molar-refractivity contribution in [2.45, 2.75) is 32.5 Å². The maximum atomic E-state index is 5.54. The molecule has 0 radical (unpaired) electrons. The molecule has 92 valence electrons. The molecule has 15 heavy (non-hydrogen) atoms. The van der Waals surface area contributed by atoms with Gasteiger partial charge in [0.15, 0.2) is 0 Å². The highest BCUT2D eigenvalue weighted by atomic mass is 16.5. The van der Waals surface area contributed by atoms with Crippen molar-refractivity contribution in [3.8, 4) is 0 Å². The summed E-state index contributed by atoms with van der Waals surface area (Å²) < 4.78 is 10.7. The first-order valence-corrected chi connectivity index (χ1v) is 5.63. The molecule has 2 N–H and O–H groups in total. The van der Waals surface area contributed by atoms with Crippen molar-refractivity contribution in [3.63, 3.8) is 0 Å². The second-order valence-corrected chi connectivity index (χ2v) is 4.10. The number of methoxy groups -OCH3 is 1. The van der Waals surface area contributed by atoms with Crippen LogP contribution in [-0.2, 0) is 9.47 Å². The minimum absolute atomic E-state index is 0.179. The van der Waals surface area contributed by atoms with Crippen LogP contribution in [0.4, 0.5) is 0 Å². The van der Waals surface area contributed by atoms with E-state index in [9.17, 15) is 0 Å². The smallest absolute Gasteiger partial charge is 0.0705 e. The normalized spacial score (nSPS) is 13.8. The van der Waals surface area contributed by atoms with Crippen molar-refractivity contribution in [2.75, 3.05) is 40.4 Å². The highest BCUT2D eigenvalue weighted by Crippen LogP contribution is 1.97. The summed E-state index contributed by atoms with van der Waals surface area (Å²) in [5.74, 6) is 0. The van der Waals surface area contributed by atoms with Gasteiger partial charge in [0.05, 0.1) is 18.8 Å². The average Bonchev–Trinajstić information content (AvgIpc) is 2.18. The predicted molar refractivity (Wildman–Crippen MR) is 63.1 cm³/mol. The molecule has 4 nitrogen and oxygen atoms in total. The molecule has 4 heteroatoms. The van der Waals surface area contributed by atoms with E-state index in [1.165, 1.54) is 0 Å². The van der Waals surface area contributed by atoms with Crippen LogP contribution in [-0.4, -0.2) is 57.5 Å².